The lowest BCUT2D eigenvalue weighted by Crippen LogP contribution is -2.13. The maximum Gasteiger partial charge on any atom is 0.435 e. The first-order valence-electron chi connectivity index (χ1n) is 3.00. The van der Waals surface area contributed by atoms with E-state index >= 15 is 0 Å². The Bertz CT molecular complexity index is 272. The Morgan fingerprint density at radius 2 is 2.08 bits per heavy atom. The summed E-state index contributed by atoms with van der Waals surface area (Å²) in [5.74, 6) is -0.121. The average Bonchev–Trinajstić information content (AvgIpc) is 2.03. The van der Waals surface area contributed by atoms with Crippen molar-refractivity contribution in [2.24, 2.45) is 5.73 Å². The molecular formula is C5H5F3N4. The van der Waals surface area contributed by atoms with Gasteiger partial charge in [-0.3, -0.25) is 0 Å². The van der Waals surface area contributed by atoms with Crippen LogP contribution in [0.3, 0.4) is 0 Å². The number of nitrogens with zero attached hydrogens (tertiary/aromatic N) is 3. The van der Waals surface area contributed by atoms with E-state index in [1.165, 1.54) is 0 Å². The lowest BCUT2D eigenvalue weighted by Gasteiger charge is -2.04. The van der Waals surface area contributed by atoms with Gasteiger partial charge in [-0.2, -0.15) is 18.3 Å². The van der Waals surface area contributed by atoms with Crippen LogP contribution in [0.5, 0.6) is 0 Å². The van der Waals surface area contributed by atoms with Crippen LogP contribution in [0.4, 0.5) is 13.2 Å². The van der Waals surface area contributed by atoms with E-state index in [9.17, 15) is 13.2 Å². The van der Waals surface area contributed by atoms with E-state index in [2.05, 4.69) is 15.2 Å². The van der Waals surface area contributed by atoms with Crippen molar-refractivity contribution in [1.82, 2.24) is 15.2 Å². The molecule has 0 aliphatic heterocycles. The number of halogens is 3. The van der Waals surface area contributed by atoms with Gasteiger partial charge in [-0.15, -0.1) is 5.10 Å². The molecule has 66 valence electrons. The quantitative estimate of drug-likeness (QED) is 0.673. The van der Waals surface area contributed by atoms with Crippen molar-refractivity contribution in [3.05, 3.63) is 17.7 Å². The number of rotatable bonds is 1. The highest BCUT2D eigenvalue weighted by atomic mass is 19.4. The fourth-order valence-corrected chi connectivity index (χ4v) is 0.564. The molecule has 1 rings (SSSR count). The molecule has 0 amide bonds. The molecule has 0 atom stereocenters. The number of nitrogens with two attached hydrogens (primary N) is 1. The smallest absolute Gasteiger partial charge is 0.324 e. The minimum Gasteiger partial charge on any atom is -0.324 e. The molecule has 0 aliphatic rings. The lowest BCUT2D eigenvalue weighted by molar-refractivity contribution is -0.141. The summed E-state index contributed by atoms with van der Waals surface area (Å²) in [5, 5.41) is 6.39. The molecule has 0 saturated carbocycles. The van der Waals surface area contributed by atoms with Gasteiger partial charge >= 0.3 is 6.18 Å². The predicted molar refractivity (Wildman–Crippen MR) is 32.7 cm³/mol. The molecule has 1 aromatic rings. The standard InChI is InChI=1S/C5H5F3N4/c6-5(7,8)3-2-10-12-4(1-9)11-3/h2H,1,9H2. The molecular weight excluding hydrogens is 173 g/mol. The third kappa shape index (κ3) is 1.88. The first kappa shape index (κ1) is 8.85. The Labute approximate surface area is 65.6 Å². The van der Waals surface area contributed by atoms with Gasteiger partial charge in [0.2, 0.25) is 0 Å². The van der Waals surface area contributed by atoms with E-state index in [1.54, 1.807) is 0 Å². The van der Waals surface area contributed by atoms with Crippen molar-refractivity contribution in [2.75, 3.05) is 0 Å². The minimum atomic E-state index is -4.49. The molecule has 0 unspecified atom stereocenters. The lowest BCUT2D eigenvalue weighted by atomic mass is 10.4. The van der Waals surface area contributed by atoms with E-state index in [1.807, 2.05) is 0 Å². The van der Waals surface area contributed by atoms with Crippen molar-refractivity contribution in [2.45, 2.75) is 12.7 Å². The van der Waals surface area contributed by atoms with Gasteiger partial charge in [0.05, 0.1) is 12.7 Å². The fraction of sp³-hybridized carbons (Fsp3) is 0.400. The largest absolute Gasteiger partial charge is 0.435 e. The van der Waals surface area contributed by atoms with Gasteiger partial charge in [-0.05, 0) is 0 Å². The van der Waals surface area contributed by atoms with E-state index in [-0.39, 0.29) is 12.4 Å². The molecule has 4 nitrogen and oxygen atoms in total. The average molecular weight is 178 g/mol. The van der Waals surface area contributed by atoms with Crippen LogP contribution in [0.25, 0.3) is 0 Å². The van der Waals surface area contributed by atoms with Crippen LogP contribution < -0.4 is 5.73 Å². The summed E-state index contributed by atoms with van der Waals surface area (Å²) in [6.45, 7) is -0.156. The van der Waals surface area contributed by atoms with Crippen molar-refractivity contribution in [3.63, 3.8) is 0 Å². The van der Waals surface area contributed by atoms with Crippen LogP contribution in [0.2, 0.25) is 0 Å². The summed E-state index contributed by atoms with van der Waals surface area (Å²) in [6, 6.07) is 0. The van der Waals surface area contributed by atoms with Gasteiger partial charge < -0.3 is 5.73 Å². The van der Waals surface area contributed by atoms with E-state index in [4.69, 9.17) is 5.73 Å². The van der Waals surface area contributed by atoms with Crippen LogP contribution in [-0.4, -0.2) is 15.2 Å². The Kier molecular flexibility index (Phi) is 2.22. The fourth-order valence-electron chi connectivity index (χ4n) is 0.564. The molecule has 0 radical (unpaired) electrons. The van der Waals surface area contributed by atoms with Crippen molar-refractivity contribution < 1.29 is 13.2 Å². The van der Waals surface area contributed by atoms with Crippen molar-refractivity contribution in [1.29, 1.82) is 0 Å². The second-order valence-corrected chi connectivity index (χ2v) is 1.96. The van der Waals surface area contributed by atoms with Gasteiger partial charge in [-0.1, -0.05) is 0 Å². The van der Waals surface area contributed by atoms with Gasteiger partial charge in [0.15, 0.2) is 11.5 Å². The minimum absolute atomic E-state index is 0.121. The third-order valence-corrected chi connectivity index (χ3v) is 1.08. The maximum absolute atomic E-state index is 11.9. The molecule has 7 heteroatoms. The summed E-state index contributed by atoms with van der Waals surface area (Å²) in [5.41, 5.74) is 3.96. The van der Waals surface area contributed by atoms with Gasteiger partial charge in [-0.25, -0.2) is 4.98 Å². The molecule has 1 aromatic heterocycles. The summed E-state index contributed by atoms with van der Waals surface area (Å²) in [6.07, 6.45) is -3.93. The zero-order valence-corrected chi connectivity index (χ0v) is 5.84. The van der Waals surface area contributed by atoms with Crippen molar-refractivity contribution in [3.8, 4) is 0 Å². The molecule has 2 N–H and O–H groups in total. The van der Waals surface area contributed by atoms with Gasteiger partial charge in [0.1, 0.15) is 0 Å². The molecule has 0 bridgehead atoms. The monoisotopic (exact) mass is 178 g/mol. The van der Waals surface area contributed by atoms with Gasteiger partial charge in [0.25, 0.3) is 0 Å². The highest BCUT2D eigenvalue weighted by molar-refractivity contribution is 5.00. The van der Waals surface area contributed by atoms with E-state index < -0.39 is 11.9 Å². The Balaban J connectivity index is 3.02. The van der Waals surface area contributed by atoms with Crippen LogP contribution in [0, 0.1) is 0 Å². The number of alkyl halides is 3. The summed E-state index contributed by atoms with van der Waals surface area (Å²) in [7, 11) is 0. The first-order valence-corrected chi connectivity index (χ1v) is 3.00. The molecule has 0 fully saturated rings. The first-order chi connectivity index (χ1) is 5.54. The van der Waals surface area contributed by atoms with Crippen molar-refractivity contribution >= 4 is 0 Å². The highest BCUT2D eigenvalue weighted by Gasteiger charge is 2.33. The topological polar surface area (TPSA) is 64.7 Å². The molecule has 0 aliphatic carbocycles. The van der Waals surface area contributed by atoms with Crippen LogP contribution in [0.15, 0.2) is 6.20 Å². The molecule has 0 aromatic carbocycles. The predicted octanol–water partition coefficient (Wildman–Crippen LogP) is 0.349. The number of hydrogen-bond donors (Lipinski definition) is 1. The summed E-state index contributed by atoms with van der Waals surface area (Å²) in [4.78, 5) is 3.14. The zero-order valence-electron chi connectivity index (χ0n) is 5.84. The Morgan fingerprint density at radius 1 is 1.42 bits per heavy atom. The molecule has 0 spiro atoms. The number of hydrogen-bond acceptors (Lipinski definition) is 4. The summed E-state index contributed by atoms with van der Waals surface area (Å²) >= 11 is 0. The van der Waals surface area contributed by atoms with E-state index in [0.29, 0.717) is 6.20 Å². The Hall–Kier alpha value is -1.24. The second kappa shape index (κ2) is 3.02. The van der Waals surface area contributed by atoms with Crippen LogP contribution in [-0.2, 0) is 12.7 Å². The van der Waals surface area contributed by atoms with Gasteiger partial charge in [0, 0.05) is 0 Å². The molecule has 1 heterocycles. The third-order valence-electron chi connectivity index (χ3n) is 1.08. The molecule has 0 saturated heterocycles. The molecule has 12 heavy (non-hydrogen) atoms. The van der Waals surface area contributed by atoms with E-state index in [0.717, 1.165) is 0 Å². The SMILES string of the molecule is NCc1nncc(C(F)(F)F)n1. The normalized spacial score (nSPS) is 11.7. The zero-order chi connectivity index (χ0) is 9.19. The van der Waals surface area contributed by atoms with Crippen LogP contribution in [0.1, 0.15) is 11.5 Å². The maximum atomic E-state index is 11.9. The Morgan fingerprint density at radius 3 is 2.58 bits per heavy atom. The number of aromatic nitrogens is 3. The summed E-state index contributed by atoms with van der Waals surface area (Å²) < 4.78 is 35.8. The highest BCUT2D eigenvalue weighted by Crippen LogP contribution is 2.26. The second-order valence-electron chi connectivity index (χ2n) is 1.96. The van der Waals surface area contributed by atoms with Crippen LogP contribution >= 0.6 is 0 Å².